The zero-order chi connectivity index (χ0) is 14.7. The lowest BCUT2D eigenvalue weighted by Crippen LogP contribution is -2.16. The monoisotopic (exact) mass is 306 g/mol. The molecular formula is C16H22N2O2S. The highest BCUT2D eigenvalue weighted by Gasteiger charge is 2.44. The van der Waals surface area contributed by atoms with Crippen molar-refractivity contribution in [1.29, 1.82) is 0 Å². The normalized spacial score (nSPS) is 19.3. The SMILES string of the molecule is COC(=O)CC1(CSc2ncccc2CNC2CC2)CC1. The number of methoxy groups -OCH3 is 1. The first kappa shape index (κ1) is 14.9. The Balaban J connectivity index is 1.55. The predicted molar refractivity (Wildman–Crippen MR) is 83.1 cm³/mol. The number of aromatic nitrogens is 1. The topological polar surface area (TPSA) is 51.2 Å². The van der Waals surface area contributed by atoms with Gasteiger partial charge in [-0.2, -0.15) is 0 Å². The van der Waals surface area contributed by atoms with E-state index < -0.39 is 0 Å². The average Bonchev–Trinajstić information content (AvgIpc) is 3.40. The number of pyridine rings is 1. The first-order valence-electron chi connectivity index (χ1n) is 7.58. The van der Waals surface area contributed by atoms with Crippen LogP contribution in [0.2, 0.25) is 0 Å². The van der Waals surface area contributed by atoms with E-state index >= 15 is 0 Å². The molecule has 1 aromatic rings. The van der Waals surface area contributed by atoms with Gasteiger partial charge in [-0.25, -0.2) is 4.98 Å². The lowest BCUT2D eigenvalue weighted by atomic mass is 10.1. The van der Waals surface area contributed by atoms with Gasteiger partial charge in [-0.15, -0.1) is 11.8 Å². The number of carbonyl (C=O) groups excluding carboxylic acids is 1. The Bertz CT molecular complexity index is 513. The average molecular weight is 306 g/mol. The van der Waals surface area contributed by atoms with Crippen molar-refractivity contribution in [1.82, 2.24) is 10.3 Å². The van der Waals surface area contributed by atoms with E-state index in [4.69, 9.17) is 4.74 Å². The summed E-state index contributed by atoms with van der Waals surface area (Å²) in [5, 5.41) is 4.64. The standard InChI is InChI=1S/C16H22N2O2S/c1-20-14(19)9-16(6-7-16)11-21-15-12(3-2-8-17-15)10-18-13-4-5-13/h2-3,8,13,18H,4-7,9-11H2,1H3. The zero-order valence-electron chi connectivity index (χ0n) is 12.4. The molecule has 3 rings (SSSR count). The summed E-state index contributed by atoms with van der Waals surface area (Å²) in [5.41, 5.74) is 1.42. The minimum absolute atomic E-state index is 0.0928. The highest BCUT2D eigenvalue weighted by molar-refractivity contribution is 7.99. The molecule has 2 aliphatic carbocycles. The van der Waals surface area contributed by atoms with Gasteiger partial charge < -0.3 is 10.1 Å². The van der Waals surface area contributed by atoms with E-state index in [9.17, 15) is 4.79 Å². The van der Waals surface area contributed by atoms with Gasteiger partial charge in [0.1, 0.15) is 5.03 Å². The van der Waals surface area contributed by atoms with Crippen molar-refractivity contribution in [3.05, 3.63) is 23.9 Å². The number of carbonyl (C=O) groups is 1. The van der Waals surface area contributed by atoms with Crippen molar-refractivity contribution in [3.63, 3.8) is 0 Å². The second-order valence-electron chi connectivity index (χ2n) is 6.16. The van der Waals surface area contributed by atoms with Gasteiger partial charge >= 0.3 is 5.97 Å². The zero-order valence-corrected chi connectivity index (χ0v) is 13.2. The maximum atomic E-state index is 11.5. The van der Waals surface area contributed by atoms with Crippen LogP contribution < -0.4 is 5.32 Å². The largest absolute Gasteiger partial charge is 0.469 e. The highest BCUT2D eigenvalue weighted by Crippen LogP contribution is 2.52. The summed E-state index contributed by atoms with van der Waals surface area (Å²) in [4.78, 5) is 16.0. The van der Waals surface area contributed by atoms with Gasteiger partial charge in [-0.1, -0.05) is 6.07 Å². The van der Waals surface area contributed by atoms with Gasteiger partial charge in [0.15, 0.2) is 0 Å². The van der Waals surface area contributed by atoms with Crippen LogP contribution in [0.4, 0.5) is 0 Å². The van der Waals surface area contributed by atoms with Crippen LogP contribution in [0.15, 0.2) is 23.4 Å². The maximum Gasteiger partial charge on any atom is 0.306 e. The summed E-state index contributed by atoms with van der Waals surface area (Å²) in [5.74, 6) is 0.861. The third kappa shape index (κ3) is 4.20. The summed E-state index contributed by atoms with van der Waals surface area (Å²) in [7, 11) is 1.46. The Hall–Kier alpha value is -1.07. The molecule has 0 aliphatic heterocycles. The molecule has 0 radical (unpaired) electrons. The molecule has 0 atom stereocenters. The molecule has 0 spiro atoms. The molecule has 1 heterocycles. The molecule has 2 fully saturated rings. The molecule has 0 aromatic carbocycles. The smallest absolute Gasteiger partial charge is 0.306 e. The number of hydrogen-bond acceptors (Lipinski definition) is 5. The van der Waals surface area contributed by atoms with Crippen molar-refractivity contribution in [2.24, 2.45) is 5.41 Å². The number of nitrogens with one attached hydrogen (secondary N) is 1. The van der Waals surface area contributed by atoms with E-state index in [1.807, 2.05) is 12.3 Å². The molecule has 0 unspecified atom stereocenters. The molecule has 21 heavy (non-hydrogen) atoms. The number of esters is 1. The van der Waals surface area contributed by atoms with Crippen molar-refractivity contribution in [2.75, 3.05) is 12.9 Å². The van der Waals surface area contributed by atoms with Crippen LogP contribution in [0.5, 0.6) is 0 Å². The minimum Gasteiger partial charge on any atom is -0.469 e. The summed E-state index contributed by atoms with van der Waals surface area (Å²) in [6.07, 6.45) is 7.23. The van der Waals surface area contributed by atoms with Crippen LogP contribution >= 0.6 is 11.8 Å². The Morgan fingerprint density at radius 2 is 2.33 bits per heavy atom. The summed E-state index contributed by atoms with van der Waals surface area (Å²) in [6, 6.07) is 4.84. The summed E-state index contributed by atoms with van der Waals surface area (Å²) < 4.78 is 4.80. The van der Waals surface area contributed by atoms with Crippen LogP contribution in [0.1, 0.15) is 37.7 Å². The van der Waals surface area contributed by atoms with Crippen molar-refractivity contribution < 1.29 is 9.53 Å². The second kappa shape index (κ2) is 6.36. The van der Waals surface area contributed by atoms with Crippen LogP contribution in [0.3, 0.4) is 0 Å². The minimum atomic E-state index is -0.0928. The van der Waals surface area contributed by atoms with Gasteiger partial charge in [0.2, 0.25) is 0 Å². The number of nitrogens with zero attached hydrogens (tertiary/aromatic N) is 1. The quantitative estimate of drug-likeness (QED) is 0.591. The van der Waals surface area contributed by atoms with Gasteiger partial charge in [-0.05, 0) is 42.7 Å². The predicted octanol–water partition coefficient (Wildman–Crippen LogP) is 2.77. The molecule has 0 saturated heterocycles. The van der Waals surface area contributed by atoms with E-state index in [1.54, 1.807) is 11.8 Å². The van der Waals surface area contributed by atoms with Crippen molar-refractivity contribution in [2.45, 2.75) is 49.7 Å². The number of rotatable bonds is 8. The Kier molecular flexibility index (Phi) is 4.50. The van der Waals surface area contributed by atoms with Crippen molar-refractivity contribution >= 4 is 17.7 Å². The summed E-state index contributed by atoms with van der Waals surface area (Å²) in [6.45, 7) is 0.894. The van der Waals surface area contributed by atoms with Gasteiger partial charge in [0.25, 0.3) is 0 Å². The molecule has 1 N–H and O–H groups in total. The van der Waals surface area contributed by atoms with E-state index in [0.717, 1.165) is 30.2 Å². The van der Waals surface area contributed by atoms with E-state index in [0.29, 0.717) is 12.5 Å². The Morgan fingerprint density at radius 3 is 3.00 bits per heavy atom. The van der Waals surface area contributed by atoms with Crippen molar-refractivity contribution in [3.8, 4) is 0 Å². The molecule has 4 nitrogen and oxygen atoms in total. The first-order valence-corrected chi connectivity index (χ1v) is 8.56. The third-order valence-electron chi connectivity index (χ3n) is 4.23. The lowest BCUT2D eigenvalue weighted by molar-refractivity contribution is -0.141. The van der Waals surface area contributed by atoms with Gasteiger partial charge in [0, 0.05) is 24.5 Å². The second-order valence-corrected chi connectivity index (χ2v) is 7.13. The fourth-order valence-electron chi connectivity index (χ4n) is 2.38. The number of hydrogen-bond donors (Lipinski definition) is 1. The number of ether oxygens (including phenoxy) is 1. The van der Waals surface area contributed by atoms with Crippen LogP contribution in [-0.4, -0.2) is 29.9 Å². The van der Waals surface area contributed by atoms with Gasteiger partial charge in [0.05, 0.1) is 13.5 Å². The lowest BCUT2D eigenvalue weighted by Gasteiger charge is -2.14. The Morgan fingerprint density at radius 1 is 1.52 bits per heavy atom. The van der Waals surface area contributed by atoms with Crippen LogP contribution in [0.25, 0.3) is 0 Å². The molecule has 0 bridgehead atoms. The summed E-state index contributed by atoms with van der Waals surface area (Å²) >= 11 is 1.78. The van der Waals surface area contributed by atoms with Gasteiger partial charge in [-0.3, -0.25) is 4.79 Å². The maximum absolute atomic E-state index is 11.5. The molecule has 114 valence electrons. The fraction of sp³-hybridized carbons (Fsp3) is 0.625. The van der Waals surface area contributed by atoms with Crippen LogP contribution in [0, 0.1) is 5.41 Å². The molecule has 0 amide bonds. The van der Waals surface area contributed by atoms with E-state index in [2.05, 4.69) is 16.4 Å². The van der Waals surface area contributed by atoms with E-state index in [1.165, 1.54) is 25.5 Å². The fourth-order valence-corrected chi connectivity index (χ4v) is 3.67. The molecule has 5 heteroatoms. The Labute approximate surface area is 130 Å². The third-order valence-corrected chi connectivity index (χ3v) is 5.63. The first-order chi connectivity index (χ1) is 10.2. The van der Waals surface area contributed by atoms with Crippen LogP contribution in [-0.2, 0) is 16.1 Å². The molecular weight excluding hydrogens is 284 g/mol. The molecule has 2 aliphatic rings. The highest BCUT2D eigenvalue weighted by atomic mass is 32.2. The number of thioether (sulfide) groups is 1. The molecule has 2 saturated carbocycles. The molecule has 1 aromatic heterocycles. The van der Waals surface area contributed by atoms with E-state index in [-0.39, 0.29) is 11.4 Å².